The first-order valence-corrected chi connectivity index (χ1v) is 6.65. The molecule has 0 aliphatic heterocycles. The Morgan fingerprint density at radius 1 is 1.40 bits per heavy atom. The molecule has 2 rings (SSSR count). The van der Waals surface area contributed by atoms with E-state index in [9.17, 15) is 4.79 Å². The number of aromatic nitrogens is 2. The van der Waals surface area contributed by atoms with Gasteiger partial charge in [-0.25, -0.2) is 0 Å². The fourth-order valence-corrected chi connectivity index (χ4v) is 2.07. The van der Waals surface area contributed by atoms with Crippen molar-refractivity contribution >= 4 is 11.6 Å². The van der Waals surface area contributed by atoms with Crippen LogP contribution in [0.2, 0.25) is 0 Å². The third-order valence-electron chi connectivity index (χ3n) is 3.34. The lowest BCUT2D eigenvalue weighted by Gasteiger charge is -2.27. The van der Waals surface area contributed by atoms with E-state index in [-0.39, 0.29) is 11.9 Å². The van der Waals surface area contributed by atoms with Gasteiger partial charge in [-0.1, -0.05) is 18.2 Å². The van der Waals surface area contributed by atoms with Crippen molar-refractivity contribution in [2.45, 2.75) is 33.4 Å². The van der Waals surface area contributed by atoms with E-state index in [1.165, 1.54) is 0 Å². The van der Waals surface area contributed by atoms with Crippen molar-refractivity contribution in [2.75, 3.05) is 5.73 Å². The molecule has 0 saturated heterocycles. The Morgan fingerprint density at radius 2 is 2.10 bits per heavy atom. The minimum Gasteiger partial charge on any atom is -0.398 e. The third kappa shape index (κ3) is 2.82. The second-order valence-corrected chi connectivity index (χ2v) is 5.13. The zero-order valence-electron chi connectivity index (χ0n) is 12.1. The van der Waals surface area contributed by atoms with Crippen molar-refractivity contribution in [3.05, 3.63) is 47.3 Å². The Balaban J connectivity index is 2.27. The highest BCUT2D eigenvalue weighted by molar-refractivity contribution is 5.95. The molecule has 2 aromatic rings. The lowest BCUT2D eigenvalue weighted by Crippen LogP contribution is -2.36. The van der Waals surface area contributed by atoms with Crippen molar-refractivity contribution in [1.29, 1.82) is 0 Å². The van der Waals surface area contributed by atoms with Gasteiger partial charge in [0.05, 0.1) is 11.8 Å². The second kappa shape index (κ2) is 5.77. The van der Waals surface area contributed by atoms with Gasteiger partial charge in [-0.2, -0.15) is 5.10 Å². The lowest BCUT2D eigenvalue weighted by molar-refractivity contribution is 0.0690. The van der Waals surface area contributed by atoms with Gasteiger partial charge in [0.1, 0.15) is 0 Å². The molecule has 0 atom stereocenters. The van der Waals surface area contributed by atoms with Crippen LogP contribution in [0.1, 0.15) is 35.5 Å². The Bertz CT molecular complexity index is 603. The van der Waals surface area contributed by atoms with Gasteiger partial charge in [-0.05, 0) is 32.4 Å². The number of benzene rings is 1. The summed E-state index contributed by atoms with van der Waals surface area (Å²) in [5.41, 5.74) is 9.00. The maximum absolute atomic E-state index is 12.6. The number of carbonyl (C=O) groups excluding carboxylic acids is 1. The van der Waals surface area contributed by atoms with Crippen LogP contribution in [0.15, 0.2) is 30.5 Å². The van der Waals surface area contributed by atoms with Gasteiger partial charge in [0.15, 0.2) is 0 Å². The summed E-state index contributed by atoms with van der Waals surface area (Å²) in [6, 6.07) is 7.69. The summed E-state index contributed by atoms with van der Waals surface area (Å²) in [6.45, 7) is 6.32. The molecule has 0 radical (unpaired) electrons. The average molecular weight is 272 g/mol. The number of nitrogen functional groups attached to an aromatic ring is 1. The van der Waals surface area contributed by atoms with Crippen LogP contribution in [0.3, 0.4) is 0 Å². The minimum atomic E-state index is -0.0329. The van der Waals surface area contributed by atoms with Gasteiger partial charge < -0.3 is 10.6 Å². The van der Waals surface area contributed by atoms with E-state index in [1.54, 1.807) is 11.1 Å². The molecule has 1 aromatic heterocycles. The molecule has 0 fully saturated rings. The minimum absolute atomic E-state index is 0.0329. The van der Waals surface area contributed by atoms with Crippen molar-refractivity contribution in [3.8, 4) is 0 Å². The molecular weight excluding hydrogens is 252 g/mol. The molecule has 3 N–H and O–H groups in total. The fraction of sp³-hybridized carbons (Fsp3) is 0.333. The maximum atomic E-state index is 12.6. The van der Waals surface area contributed by atoms with Crippen LogP contribution in [0.5, 0.6) is 0 Å². The molecule has 1 amide bonds. The largest absolute Gasteiger partial charge is 0.398 e. The van der Waals surface area contributed by atoms with E-state index >= 15 is 0 Å². The number of amides is 1. The van der Waals surface area contributed by atoms with Crippen LogP contribution in [0, 0.1) is 6.92 Å². The molecule has 0 aliphatic rings. The van der Waals surface area contributed by atoms with Gasteiger partial charge >= 0.3 is 0 Å². The third-order valence-corrected chi connectivity index (χ3v) is 3.34. The monoisotopic (exact) mass is 272 g/mol. The van der Waals surface area contributed by atoms with Crippen molar-refractivity contribution in [3.63, 3.8) is 0 Å². The summed E-state index contributed by atoms with van der Waals surface area (Å²) in [7, 11) is 0. The topological polar surface area (TPSA) is 75.0 Å². The van der Waals surface area contributed by atoms with Crippen LogP contribution in [0.25, 0.3) is 0 Å². The number of rotatable bonds is 4. The quantitative estimate of drug-likeness (QED) is 0.839. The van der Waals surface area contributed by atoms with Gasteiger partial charge in [-0.3, -0.25) is 9.89 Å². The van der Waals surface area contributed by atoms with Crippen LogP contribution in [0.4, 0.5) is 5.69 Å². The lowest BCUT2D eigenvalue weighted by atomic mass is 10.1. The van der Waals surface area contributed by atoms with Crippen molar-refractivity contribution in [2.24, 2.45) is 0 Å². The molecule has 1 aromatic carbocycles. The van der Waals surface area contributed by atoms with E-state index in [0.29, 0.717) is 17.8 Å². The molecule has 20 heavy (non-hydrogen) atoms. The van der Waals surface area contributed by atoms with Crippen molar-refractivity contribution in [1.82, 2.24) is 15.1 Å². The van der Waals surface area contributed by atoms with E-state index in [1.807, 2.05) is 45.0 Å². The van der Waals surface area contributed by atoms with Gasteiger partial charge in [0.2, 0.25) is 0 Å². The highest BCUT2D eigenvalue weighted by Gasteiger charge is 2.22. The second-order valence-electron chi connectivity index (χ2n) is 5.13. The smallest absolute Gasteiger partial charge is 0.257 e. The summed E-state index contributed by atoms with van der Waals surface area (Å²) in [4.78, 5) is 14.4. The molecule has 0 saturated carbocycles. The van der Waals surface area contributed by atoms with E-state index in [2.05, 4.69) is 10.2 Å². The van der Waals surface area contributed by atoms with Gasteiger partial charge in [-0.15, -0.1) is 0 Å². The Hall–Kier alpha value is -2.30. The first-order valence-electron chi connectivity index (χ1n) is 6.65. The SMILES string of the molecule is Cc1[nH]ncc1C(=O)N(Cc1ccccc1N)C(C)C. The molecular formula is C15H20N4O. The van der Waals surface area contributed by atoms with E-state index in [4.69, 9.17) is 5.73 Å². The number of hydrogen-bond acceptors (Lipinski definition) is 3. The number of aryl methyl sites for hydroxylation is 1. The molecule has 0 bridgehead atoms. The van der Waals surface area contributed by atoms with Crippen LogP contribution in [-0.4, -0.2) is 27.0 Å². The summed E-state index contributed by atoms with van der Waals surface area (Å²) < 4.78 is 0. The predicted octanol–water partition coefficient (Wildman–Crippen LogP) is 2.35. The number of H-pyrrole nitrogens is 1. The van der Waals surface area contributed by atoms with Gasteiger partial charge in [0, 0.05) is 24.0 Å². The Kier molecular flexibility index (Phi) is 4.08. The van der Waals surface area contributed by atoms with E-state index < -0.39 is 0 Å². The zero-order valence-corrected chi connectivity index (χ0v) is 12.1. The number of nitrogens with two attached hydrogens (primary N) is 1. The standard InChI is InChI=1S/C15H20N4O/c1-10(2)19(9-12-6-4-5-7-14(12)16)15(20)13-8-17-18-11(13)3/h4-8,10H,9,16H2,1-3H3,(H,17,18). The predicted molar refractivity (Wildman–Crippen MR) is 79.2 cm³/mol. The number of nitrogens with zero attached hydrogens (tertiary/aromatic N) is 2. The van der Waals surface area contributed by atoms with E-state index in [0.717, 1.165) is 11.3 Å². The highest BCUT2D eigenvalue weighted by Crippen LogP contribution is 2.18. The number of nitrogens with one attached hydrogen (secondary N) is 1. The molecule has 0 spiro atoms. The molecule has 0 aliphatic carbocycles. The summed E-state index contributed by atoms with van der Waals surface area (Å²) in [5, 5.41) is 6.71. The summed E-state index contributed by atoms with van der Waals surface area (Å²) in [5.74, 6) is -0.0329. The number of para-hydroxylation sites is 1. The molecule has 0 unspecified atom stereocenters. The Labute approximate surface area is 118 Å². The molecule has 106 valence electrons. The van der Waals surface area contributed by atoms with Gasteiger partial charge in [0.25, 0.3) is 5.91 Å². The van der Waals surface area contributed by atoms with Crippen LogP contribution >= 0.6 is 0 Å². The van der Waals surface area contributed by atoms with Crippen LogP contribution in [-0.2, 0) is 6.54 Å². The number of hydrogen-bond donors (Lipinski definition) is 2. The summed E-state index contributed by atoms with van der Waals surface area (Å²) >= 11 is 0. The summed E-state index contributed by atoms with van der Waals surface area (Å²) in [6.07, 6.45) is 1.57. The van der Waals surface area contributed by atoms with Crippen LogP contribution < -0.4 is 5.73 Å². The first-order chi connectivity index (χ1) is 9.50. The molecule has 5 nitrogen and oxygen atoms in total. The maximum Gasteiger partial charge on any atom is 0.257 e. The first kappa shape index (κ1) is 14.1. The number of anilines is 1. The molecule has 1 heterocycles. The fourth-order valence-electron chi connectivity index (χ4n) is 2.07. The highest BCUT2D eigenvalue weighted by atomic mass is 16.2. The molecule has 5 heteroatoms. The number of carbonyl (C=O) groups is 1. The normalized spacial score (nSPS) is 10.8. The zero-order chi connectivity index (χ0) is 14.7. The van der Waals surface area contributed by atoms with Crippen molar-refractivity contribution < 1.29 is 4.79 Å². The average Bonchev–Trinajstić information content (AvgIpc) is 2.83. The number of aromatic amines is 1. The Morgan fingerprint density at radius 3 is 2.65 bits per heavy atom.